The normalized spacial score (nSPS) is 10.6. The van der Waals surface area contributed by atoms with Gasteiger partial charge in [0.25, 0.3) is 5.69 Å². The minimum Gasteiger partial charge on any atom is -0.328 e. The fraction of sp³-hybridized carbons (Fsp3) is 0.0625. The molecule has 0 fully saturated rings. The number of aromatic nitrogens is 1. The van der Waals surface area contributed by atoms with E-state index in [1.165, 1.54) is 12.1 Å². The first-order chi connectivity index (χ1) is 10.6. The summed E-state index contributed by atoms with van der Waals surface area (Å²) in [6.45, 7) is 0. The summed E-state index contributed by atoms with van der Waals surface area (Å²) in [6, 6.07) is 15.7. The van der Waals surface area contributed by atoms with E-state index in [2.05, 4.69) is 4.98 Å². The molecule has 0 spiro atoms. The second kappa shape index (κ2) is 5.61. The van der Waals surface area contributed by atoms with Crippen molar-refractivity contribution in [1.82, 2.24) is 4.98 Å². The van der Waals surface area contributed by atoms with Gasteiger partial charge >= 0.3 is 0 Å². The number of nitro groups is 1. The number of anilines is 2. The van der Waals surface area contributed by atoms with Gasteiger partial charge in [0.15, 0.2) is 0 Å². The molecule has 0 atom stereocenters. The Hall–Kier alpha value is -2.66. The van der Waals surface area contributed by atoms with E-state index in [4.69, 9.17) is 11.6 Å². The Morgan fingerprint density at radius 2 is 1.91 bits per heavy atom. The Kier molecular flexibility index (Phi) is 3.65. The van der Waals surface area contributed by atoms with Crippen molar-refractivity contribution < 1.29 is 4.92 Å². The third-order valence-electron chi connectivity index (χ3n) is 3.43. The quantitative estimate of drug-likeness (QED) is 0.525. The Balaban J connectivity index is 2.04. The Bertz CT molecular complexity index is 867. The number of nitro benzene ring substituents is 1. The van der Waals surface area contributed by atoms with Crippen molar-refractivity contribution in [2.24, 2.45) is 0 Å². The van der Waals surface area contributed by atoms with Gasteiger partial charge in [0.05, 0.1) is 21.2 Å². The highest BCUT2D eigenvalue weighted by Gasteiger charge is 2.11. The zero-order valence-electron chi connectivity index (χ0n) is 11.7. The van der Waals surface area contributed by atoms with Gasteiger partial charge in [-0.1, -0.05) is 23.7 Å². The number of non-ortho nitro benzene ring substituents is 1. The molecule has 6 heteroatoms. The lowest BCUT2D eigenvalue weighted by molar-refractivity contribution is -0.384. The first kappa shape index (κ1) is 14.3. The van der Waals surface area contributed by atoms with Gasteiger partial charge in [-0.3, -0.25) is 10.1 Å². The van der Waals surface area contributed by atoms with Crippen LogP contribution in [-0.2, 0) is 0 Å². The average molecular weight is 314 g/mol. The highest BCUT2D eigenvalue weighted by atomic mass is 35.5. The molecule has 0 bridgehead atoms. The highest BCUT2D eigenvalue weighted by molar-refractivity contribution is 6.33. The zero-order chi connectivity index (χ0) is 15.7. The van der Waals surface area contributed by atoms with Gasteiger partial charge in [-0.25, -0.2) is 4.98 Å². The number of rotatable bonds is 3. The summed E-state index contributed by atoms with van der Waals surface area (Å²) in [5.74, 6) is 0.717. The van der Waals surface area contributed by atoms with E-state index < -0.39 is 4.92 Å². The van der Waals surface area contributed by atoms with Crippen LogP contribution < -0.4 is 4.90 Å². The molecule has 0 radical (unpaired) electrons. The van der Waals surface area contributed by atoms with Crippen LogP contribution in [-0.4, -0.2) is 17.0 Å². The summed E-state index contributed by atoms with van der Waals surface area (Å²) < 4.78 is 0. The van der Waals surface area contributed by atoms with Gasteiger partial charge in [0, 0.05) is 24.6 Å². The van der Waals surface area contributed by atoms with Crippen LogP contribution in [0.2, 0.25) is 5.02 Å². The molecule has 1 aromatic heterocycles. The van der Waals surface area contributed by atoms with Gasteiger partial charge in [0.1, 0.15) is 5.82 Å². The Morgan fingerprint density at radius 3 is 2.64 bits per heavy atom. The maximum Gasteiger partial charge on any atom is 0.270 e. The Labute approximate surface area is 131 Å². The van der Waals surface area contributed by atoms with Crippen molar-refractivity contribution in [2.45, 2.75) is 0 Å². The summed E-state index contributed by atoms with van der Waals surface area (Å²) in [6.07, 6.45) is 0. The number of benzene rings is 2. The van der Waals surface area contributed by atoms with Crippen molar-refractivity contribution in [1.29, 1.82) is 0 Å². The van der Waals surface area contributed by atoms with E-state index >= 15 is 0 Å². The van der Waals surface area contributed by atoms with Gasteiger partial charge in [-0.05, 0) is 30.3 Å². The molecule has 0 unspecified atom stereocenters. The fourth-order valence-electron chi connectivity index (χ4n) is 2.25. The molecular weight excluding hydrogens is 302 g/mol. The maximum absolute atomic E-state index is 10.8. The molecule has 0 aliphatic carbocycles. The molecule has 22 heavy (non-hydrogen) atoms. The van der Waals surface area contributed by atoms with Crippen molar-refractivity contribution in [2.75, 3.05) is 11.9 Å². The number of fused-ring (bicyclic) bond motifs is 1. The molecule has 5 nitrogen and oxygen atoms in total. The van der Waals surface area contributed by atoms with Crippen LogP contribution >= 0.6 is 11.6 Å². The molecule has 1 heterocycles. The minimum atomic E-state index is -0.413. The van der Waals surface area contributed by atoms with E-state index in [0.717, 1.165) is 16.9 Å². The van der Waals surface area contributed by atoms with E-state index in [0.29, 0.717) is 10.5 Å². The third-order valence-corrected chi connectivity index (χ3v) is 3.75. The lowest BCUT2D eigenvalue weighted by Crippen LogP contribution is -2.11. The number of hydrogen-bond acceptors (Lipinski definition) is 4. The Morgan fingerprint density at radius 1 is 1.14 bits per heavy atom. The lowest BCUT2D eigenvalue weighted by atomic mass is 10.2. The molecule has 0 saturated heterocycles. The van der Waals surface area contributed by atoms with Crippen LogP contribution in [0.25, 0.3) is 10.9 Å². The second-order valence-corrected chi connectivity index (χ2v) is 5.22. The van der Waals surface area contributed by atoms with Crippen LogP contribution in [0.1, 0.15) is 0 Å². The summed E-state index contributed by atoms with van der Waals surface area (Å²) in [5, 5.41) is 12.2. The van der Waals surface area contributed by atoms with Gasteiger partial charge < -0.3 is 4.90 Å². The predicted octanol–water partition coefficient (Wildman–Crippen LogP) is 4.56. The standard InChI is InChI=1S/C16H12ClN3O2/c1-19(15-5-3-2-4-13(15)17)16-9-6-11-10-12(20(21)22)7-8-14(11)18-16/h2-10H,1H3. The first-order valence-electron chi connectivity index (χ1n) is 6.60. The fourth-order valence-corrected chi connectivity index (χ4v) is 2.51. The monoisotopic (exact) mass is 313 g/mol. The summed E-state index contributed by atoms with van der Waals surface area (Å²) >= 11 is 6.20. The molecule has 0 aliphatic rings. The molecule has 110 valence electrons. The summed E-state index contributed by atoms with van der Waals surface area (Å²) in [4.78, 5) is 16.8. The number of nitrogens with zero attached hydrogens (tertiary/aromatic N) is 3. The van der Waals surface area contributed by atoms with Crippen molar-refractivity contribution in [3.8, 4) is 0 Å². The molecule has 2 aromatic carbocycles. The van der Waals surface area contributed by atoms with Crippen LogP contribution in [0.4, 0.5) is 17.2 Å². The minimum absolute atomic E-state index is 0.0570. The van der Waals surface area contributed by atoms with Crippen molar-refractivity contribution in [3.63, 3.8) is 0 Å². The van der Waals surface area contributed by atoms with Gasteiger partial charge in [-0.2, -0.15) is 0 Å². The van der Waals surface area contributed by atoms with Crippen molar-refractivity contribution >= 4 is 39.7 Å². The summed E-state index contributed by atoms with van der Waals surface area (Å²) in [5.41, 5.74) is 1.60. The number of halogens is 1. The zero-order valence-corrected chi connectivity index (χ0v) is 12.5. The molecule has 0 aliphatic heterocycles. The third kappa shape index (κ3) is 2.58. The van der Waals surface area contributed by atoms with E-state index in [1.54, 1.807) is 6.07 Å². The van der Waals surface area contributed by atoms with Crippen LogP contribution in [0.3, 0.4) is 0 Å². The van der Waals surface area contributed by atoms with E-state index in [9.17, 15) is 10.1 Å². The van der Waals surface area contributed by atoms with Gasteiger partial charge in [0.2, 0.25) is 0 Å². The molecule has 0 saturated carbocycles. The topological polar surface area (TPSA) is 59.3 Å². The predicted molar refractivity (Wildman–Crippen MR) is 87.9 cm³/mol. The highest BCUT2D eigenvalue weighted by Crippen LogP contribution is 2.30. The smallest absolute Gasteiger partial charge is 0.270 e. The second-order valence-electron chi connectivity index (χ2n) is 4.81. The average Bonchev–Trinajstić information content (AvgIpc) is 2.53. The SMILES string of the molecule is CN(c1ccc2cc([N+](=O)[O-])ccc2n1)c1ccccc1Cl. The number of hydrogen-bond donors (Lipinski definition) is 0. The first-order valence-corrected chi connectivity index (χ1v) is 6.97. The molecule has 0 N–H and O–H groups in total. The molecule has 3 aromatic rings. The van der Waals surface area contributed by atoms with E-state index in [1.807, 2.05) is 48.3 Å². The van der Waals surface area contributed by atoms with Crippen molar-refractivity contribution in [3.05, 3.63) is 69.7 Å². The molecular formula is C16H12ClN3O2. The van der Waals surface area contributed by atoms with Crippen LogP contribution in [0, 0.1) is 10.1 Å². The summed E-state index contributed by atoms with van der Waals surface area (Å²) in [7, 11) is 1.88. The largest absolute Gasteiger partial charge is 0.328 e. The number of pyridine rings is 1. The molecule has 0 amide bonds. The molecule has 3 rings (SSSR count). The van der Waals surface area contributed by atoms with Gasteiger partial charge in [-0.15, -0.1) is 0 Å². The number of para-hydroxylation sites is 1. The lowest BCUT2D eigenvalue weighted by Gasteiger charge is -2.19. The van der Waals surface area contributed by atoms with E-state index in [-0.39, 0.29) is 5.69 Å². The van der Waals surface area contributed by atoms with Crippen LogP contribution in [0.5, 0.6) is 0 Å². The van der Waals surface area contributed by atoms with Crippen LogP contribution in [0.15, 0.2) is 54.6 Å². The maximum atomic E-state index is 10.8.